The topological polar surface area (TPSA) is 124 Å². The number of ether oxygens (including phenoxy) is 6. The quantitative estimate of drug-likeness (QED) is 0.183. The van der Waals surface area contributed by atoms with E-state index >= 15 is 0 Å². The van der Waals surface area contributed by atoms with E-state index in [4.69, 9.17) is 28.4 Å². The summed E-state index contributed by atoms with van der Waals surface area (Å²) in [6.45, 7) is 3.29. The van der Waals surface area contributed by atoms with E-state index in [9.17, 15) is 19.2 Å². The van der Waals surface area contributed by atoms with Crippen molar-refractivity contribution in [3.05, 3.63) is 144 Å². The lowest BCUT2D eigenvalue weighted by atomic mass is 9.84. The highest BCUT2D eigenvalue weighted by Gasteiger charge is 2.64. The largest absolute Gasteiger partial charge is 0.452 e. The van der Waals surface area contributed by atoms with E-state index < -0.39 is 66.3 Å². The molecule has 0 aromatic heterocycles. The molecule has 1 saturated heterocycles. The lowest BCUT2D eigenvalue weighted by Gasteiger charge is -2.44. The molecule has 0 spiro atoms. The van der Waals surface area contributed by atoms with Crippen LogP contribution in [0.1, 0.15) is 55.3 Å². The lowest BCUT2D eigenvalue weighted by molar-refractivity contribution is -0.195. The highest BCUT2D eigenvalue weighted by molar-refractivity contribution is 5.92. The smallest absolute Gasteiger partial charge is 0.338 e. The zero-order valence-corrected chi connectivity index (χ0v) is 25.6. The number of esters is 4. The molecular formula is C37H32O10. The second-order valence-corrected chi connectivity index (χ2v) is 11.5. The summed E-state index contributed by atoms with van der Waals surface area (Å²) in [7, 11) is 0. The molecule has 240 valence electrons. The van der Waals surface area contributed by atoms with E-state index in [0.717, 1.165) is 0 Å². The fraction of sp³-hybridized carbons (Fsp3) is 0.243. The molecule has 4 aromatic rings. The summed E-state index contributed by atoms with van der Waals surface area (Å²) in [5, 5.41) is 0. The van der Waals surface area contributed by atoms with E-state index in [0.29, 0.717) is 0 Å². The molecule has 10 nitrogen and oxygen atoms in total. The summed E-state index contributed by atoms with van der Waals surface area (Å²) >= 11 is 0. The number of carbonyl (C=O) groups excluding carboxylic acids is 4. The second-order valence-electron chi connectivity index (χ2n) is 11.5. The van der Waals surface area contributed by atoms with Crippen LogP contribution < -0.4 is 0 Å². The first-order valence-corrected chi connectivity index (χ1v) is 15.1. The van der Waals surface area contributed by atoms with Crippen molar-refractivity contribution in [2.75, 3.05) is 0 Å². The summed E-state index contributed by atoms with van der Waals surface area (Å²) in [4.78, 5) is 54.2. The Bertz CT molecular complexity index is 1580. The molecule has 0 radical (unpaired) electrons. The van der Waals surface area contributed by atoms with Gasteiger partial charge in [-0.3, -0.25) is 0 Å². The molecule has 6 rings (SSSR count). The average Bonchev–Trinajstić information content (AvgIpc) is 3.43. The summed E-state index contributed by atoms with van der Waals surface area (Å²) < 4.78 is 36.7. The Kier molecular flexibility index (Phi) is 9.15. The van der Waals surface area contributed by atoms with Crippen LogP contribution in [0.5, 0.6) is 0 Å². The lowest BCUT2D eigenvalue weighted by Crippen LogP contribution is -2.66. The van der Waals surface area contributed by atoms with E-state index in [2.05, 4.69) is 0 Å². The van der Waals surface area contributed by atoms with Gasteiger partial charge in [0.15, 0.2) is 30.2 Å². The summed E-state index contributed by atoms with van der Waals surface area (Å²) in [5.41, 5.74) is 0.840. The minimum absolute atomic E-state index is 0.192. The molecule has 1 saturated carbocycles. The van der Waals surface area contributed by atoms with Gasteiger partial charge in [0.1, 0.15) is 12.2 Å². The van der Waals surface area contributed by atoms with Crippen LogP contribution in [0.4, 0.5) is 0 Å². The molecule has 47 heavy (non-hydrogen) atoms. The Morgan fingerprint density at radius 1 is 0.426 bits per heavy atom. The first kappa shape index (κ1) is 31.7. The minimum atomic E-state index is -1.50. The van der Waals surface area contributed by atoms with Gasteiger partial charge >= 0.3 is 23.9 Å². The molecule has 10 heteroatoms. The van der Waals surface area contributed by atoms with Crippen LogP contribution in [-0.2, 0) is 28.4 Å². The zero-order chi connectivity index (χ0) is 33.0. The van der Waals surface area contributed by atoms with Gasteiger partial charge in [0.25, 0.3) is 0 Å². The normalized spacial score (nSPS) is 24.3. The van der Waals surface area contributed by atoms with Crippen LogP contribution in [-0.4, -0.2) is 66.3 Å². The Balaban J connectivity index is 1.45. The van der Waals surface area contributed by atoms with Crippen LogP contribution in [0.2, 0.25) is 0 Å². The Morgan fingerprint density at radius 2 is 0.660 bits per heavy atom. The van der Waals surface area contributed by atoms with Crippen LogP contribution in [0.25, 0.3) is 0 Å². The molecule has 1 aliphatic carbocycles. The van der Waals surface area contributed by atoms with Gasteiger partial charge < -0.3 is 28.4 Å². The van der Waals surface area contributed by atoms with Crippen molar-refractivity contribution < 1.29 is 47.6 Å². The Labute approximate surface area is 271 Å². The fourth-order valence-electron chi connectivity index (χ4n) is 5.67. The molecule has 1 heterocycles. The van der Waals surface area contributed by atoms with Crippen molar-refractivity contribution in [1.29, 1.82) is 0 Å². The number of hydrogen-bond donors (Lipinski definition) is 0. The number of benzene rings is 4. The number of fused-ring (bicyclic) bond motifs is 1. The third-order valence-electron chi connectivity index (χ3n) is 7.79. The Morgan fingerprint density at radius 3 is 0.915 bits per heavy atom. The molecule has 2 aliphatic rings. The summed E-state index contributed by atoms with van der Waals surface area (Å²) in [6, 6.07) is 32.8. The highest BCUT2D eigenvalue weighted by atomic mass is 16.8. The van der Waals surface area contributed by atoms with Crippen molar-refractivity contribution in [2.45, 2.75) is 56.3 Å². The van der Waals surface area contributed by atoms with Gasteiger partial charge in [-0.25, -0.2) is 19.2 Å². The maximum Gasteiger partial charge on any atom is 0.338 e. The molecule has 0 N–H and O–H groups in total. The molecular weight excluding hydrogens is 604 g/mol. The monoisotopic (exact) mass is 636 g/mol. The van der Waals surface area contributed by atoms with Gasteiger partial charge in [-0.05, 0) is 62.4 Å². The predicted octanol–water partition coefficient (Wildman–Crippen LogP) is 5.42. The van der Waals surface area contributed by atoms with Gasteiger partial charge in [0, 0.05) is 0 Å². The summed E-state index contributed by atoms with van der Waals surface area (Å²) in [6.07, 6.45) is -7.94. The van der Waals surface area contributed by atoms with Crippen molar-refractivity contribution in [2.24, 2.45) is 0 Å². The van der Waals surface area contributed by atoms with Crippen molar-refractivity contribution >= 4 is 23.9 Å². The molecule has 0 unspecified atom stereocenters. The zero-order valence-electron chi connectivity index (χ0n) is 25.6. The average molecular weight is 637 g/mol. The van der Waals surface area contributed by atoms with E-state index in [1.807, 2.05) is 0 Å². The summed E-state index contributed by atoms with van der Waals surface area (Å²) in [5.74, 6) is -4.31. The van der Waals surface area contributed by atoms with Gasteiger partial charge in [-0.15, -0.1) is 0 Å². The molecule has 2 fully saturated rings. The fourth-order valence-corrected chi connectivity index (χ4v) is 5.67. The van der Waals surface area contributed by atoms with Crippen LogP contribution in [0.15, 0.2) is 121 Å². The predicted molar refractivity (Wildman–Crippen MR) is 166 cm³/mol. The number of rotatable bonds is 8. The first-order chi connectivity index (χ1) is 22.7. The minimum Gasteiger partial charge on any atom is -0.452 e. The molecule has 4 aromatic carbocycles. The van der Waals surface area contributed by atoms with Crippen LogP contribution in [0, 0.1) is 0 Å². The number of hydrogen-bond acceptors (Lipinski definition) is 10. The first-order valence-electron chi connectivity index (χ1n) is 15.1. The van der Waals surface area contributed by atoms with Gasteiger partial charge in [0.05, 0.1) is 22.3 Å². The van der Waals surface area contributed by atoms with Crippen LogP contribution >= 0.6 is 0 Å². The SMILES string of the molecule is CC1(C)O[C@@H]2[C@@H](OC(=O)c3ccccc3)[C@H](OC(=O)c3ccccc3)[C@@H](OC(=O)c3ccccc3)[C@@H](OC(=O)c3ccccc3)[C@@H]2O1. The van der Waals surface area contributed by atoms with E-state index in [1.54, 1.807) is 135 Å². The molecule has 6 atom stereocenters. The maximum atomic E-state index is 13.6. The van der Waals surface area contributed by atoms with Crippen molar-refractivity contribution in [1.82, 2.24) is 0 Å². The van der Waals surface area contributed by atoms with Crippen LogP contribution in [0.3, 0.4) is 0 Å². The molecule has 0 bridgehead atoms. The van der Waals surface area contributed by atoms with E-state index in [-0.39, 0.29) is 22.3 Å². The van der Waals surface area contributed by atoms with Gasteiger partial charge in [-0.1, -0.05) is 72.8 Å². The van der Waals surface area contributed by atoms with Crippen molar-refractivity contribution in [3.63, 3.8) is 0 Å². The second kappa shape index (κ2) is 13.6. The third kappa shape index (κ3) is 7.09. The standard InChI is InChI=1S/C37H32O10/c1-37(2)46-31-29(44-35(40)25-19-11-5-12-20-25)27(42-33(38)23-15-7-3-8-16-23)28(43-34(39)24-17-9-4-10-18-24)30(32(31)47-37)45-36(41)26-21-13-6-14-22-26/h3-22,27-32H,1-2H3/t27-,28-,29-,30+,31+,32-/m1/s1. The molecule has 1 aliphatic heterocycles. The highest BCUT2D eigenvalue weighted by Crippen LogP contribution is 2.42. The Hall–Kier alpha value is -5.32. The van der Waals surface area contributed by atoms with Gasteiger partial charge in [0.2, 0.25) is 0 Å². The molecule has 0 amide bonds. The number of carbonyl (C=O) groups is 4. The maximum absolute atomic E-state index is 13.6. The third-order valence-corrected chi connectivity index (χ3v) is 7.79. The van der Waals surface area contributed by atoms with E-state index in [1.165, 1.54) is 0 Å². The van der Waals surface area contributed by atoms with Crippen molar-refractivity contribution in [3.8, 4) is 0 Å². The van der Waals surface area contributed by atoms with Gasteiger partial charge in [-0.2, -0.15) is 0 Å².